The van der Waals surface area contributed by atoms with E-state index >= 15 is 0 Å². The molecule has 0 fully saturated rings. The van der Waals surface area contributed by atoms with E-state index in [0.29, 0.717) is 21.5 Å². The van der Waals surface area contributed by atoms with Gasteiger partial charge in [-0.2, -0.15) is 0 Å². The lowest BCUT2D eigenvalue weighted by Crippen LogP contribution is -2.24. The van der Waals surface area contributed by atoms with Gasteiger partial charge in [0.2, 0.25) is 0 Å². The predicted molar refractivity (Wildman–Crippen MR) is 82.8 cm³/mol. The minimum absolute atomic E-state index is 0.125. The van der Waals surface area contributed by atoms with Crippen molar-refractivity contribution in [1.82, 2.24) is 0 Å². The molecule has 5 heteroatoms. The van der Waals surface area contributed by atoms with E-state index in [1.807, 2.05) is 24.3 Å². The number of rotatable bonds is 1. The minimum atomic E-state index is -0.158. The number of hydrogen-bond donors (Lipinski definition) is 1. The van der Waals surface area contributed by atoms with Crippen LogP contribution in [0.5, 0.6) is 5.75 Å². The highest BCUT2D eigenvalue weighted by molar-refractivity contribution is 6.34. The van der Waals surface area contributed by atoms with Crippen molar-refractivity contribution in [1.29, 1.82) is 0 Å². The molecule has 0 bridgehead atoms. The molecule has 1 aliphatic heterocycles. The highest BCUT2D eigenvalue weighted by Crippen LogP contribution is 2.41. The molecule has 0 saturated carbocycles. The first-order valence-electron chi connectivity index (χ1n) is 6.20. The molecule has 0 aliphatic carbocycles. The summed E-state index contributed by atoms with van der Waals surface area (Å²) >= 11 is 18.1. The Kier molecular flexibility index (Phi) is 3.83. The van der Waals surface area contributed by atoms with Crippen LogP contribution in [0, 0.1) is 0 Å². The van der Waals surface area contributed by atoms with E-state index in [-0.39, 0.29) is 12.1 Å². The van der Waals surface area contributed by atoms with Crippen LogP contribution in [0.15, 0.2) is 36.4 Å². The first kappa shape index (κ1) is 14.0. The van der Waals surface area contributed by atoms with Gasteiger partial charge in [0.15, 0.2) is 0 Å². The summed E-state index contributed by atoms with van der Waals surface area (Å²) in [5.74, 6) is 0.759. The van der Waals surface area contributed by atoms with Gasteiger partial charge in [-0.05, 0) is 42.0 Å². The largest absolute Gasteiger partial charge is 0.485 e. The molecule has 0 saturated heterocycles. The Hall–Kier alpha value is -0.930. The lowest BCUT2D eigenvalue weighted by atomic mass is 9.93. The van der Waals surface area contributed by atoms with Crippen LogP contribution < -0.4 is 10.5 Å². The van der Waals surface area contributed by atoms with Gasteiger partial charge in [-0.3, -0.25) is 0 Å². The molecule has 2 aromatic rings. The van der Waals surface area contributed by atoms with Crippen molar-refractivity contribution in [3.05, 3.63) is 62.6 Å². The summed E-state index contributed by atoms with van der Waals surface area (Å²) in [5, 5.41) is 1.84. The van der Waals surface area contributed by atoms with Crippen LogP contribution in [0.2, 0.25) is 15.1 Å². The summed E-state index contributed by atoms with van der Waals surface area (Å²) in [6.45, 7) is 0. The zero-order valence-electron chi connectivity index (χ0n) is 10.4. The van der Waals surface area contributed by atoms with Gasteiger partial charge in [0.05, 0.1) is 0 Å². The highest BCUT2D eigenvalue weighted by Gasteiger charge is 2.27. The van der Waals surface area contributed by atoms with E-state index in [1.54, 1.807) is 12.1 Å². The van der Waals surface area contributed by atoms with Crippen LogP contribution in [0.25, 0.3) is 0 Å². The smallest absolute Gasteiger partial charge is 0.126 e. The van der Waals surface area contributed by atoms with Crippen LogP contribution in [0.3, 0.4) is 0 Å². The lowest BCUT2D eigenvalue weighted by molar-refractivity contribution is 0.161. The number of benzene rings is 2. The molecule has 0 spiro atoms. The SMILES string of the molecule is N[C@@H]1CC(c2cc(Cl)cc(Cl)c2)Oc2ccc(Cl)cc21. The van der Waals surface area contributed by atoms with E-state index in [2.05, 4.69) is 0 Å². The van der Waals surface area contributed by atoms with Crippen LogP contribution in [0.4, 0.5) is 0 Å². The second-order valence-corrected chi connectivity index (χ2v) is 6.14. The van der Waals surface area contributed by atoms with Gasteiger partial charge in [-0.15, -0.1) is 0 Å². The monoisotopic (exact) mass is 327 g/mol. The molecule has 1 aliphatic rings. The molecule has 2 aromatic carbocycles. The Balaban J connectivity index is 1.96. The normalized spacial score (nSPS) is 21.2. The standard InChI is InChI=1S/C15H12Cl3NO/c16-9-1-2-14-12(6-9)13(19)7-15(20-14)8-3-10(17)5-11(18)4-8/h1-6,13,15H,7,19H2/t13-,15?/m1/s1. The number of fused-ring (bicyclic) bond motifs is 1. The molecule has 3 rings (SSSR count). The number of hydrogen-bond acceptors (Lipinski definition) is 2. The molecular weight excluding hydrogens is 317 g/mol. The van der Waals surface area contributed by atoms with Crippen molar-refractivity contribution < 1.29 is 4.74 Å². The Labute approximate surface area is 132 Å². The highest BCUT2D eigenvalue weighted by atomic mass is 35.5. The van der Waals surface area contributed by atoms with Gasteiger partial charge in [-0.1, -0.05) is 34.8 Å². The van der Waals surface area contributed by atoms with Crippen LogP contribution >= 0.6 is 34.8 Å². The fourth-order valence-corrected chi connectivity index (χ4v) is 3.16. The van der Waals surface area contributed by atoms with Crippen molar-refractivity contribution >= 4 is 34.8 Å². The Bertz CT molecular complexity index is 639. The number of halogens is 3. The molecule has 0 aromatic heterocycles. The van der Waals surface area contributed by atoms with Crippen LogP contribution in [-0.2, 0) is 0 Å². The summed E-state index contributed by atoms with van der Waals surface area (Å²) < 4.78 is 6.00. The van der Waals surface area contributed by atoms with Crippen LogP contribution in [0.1, 0.15) is 29.7 Å². The molecular formula is C15H12Cl3NO. The molecule has 1 heterocycles. The number of nitrogens with two attached hydrogens (primary N) is 1. The second-order valence-electron chi connectivity index (χ2n) is 4.83. The van der Waals surface area contributed by atoms with Crippen molar-refractivity contribution in [3.8, 4) is 5.75 Å². The first-order chi connectivity index (χ1) is 9.52. The Morgan fingerprint density at radius 2 is 1.65 bits per heavy atom. The zero-order chi connectivity index (χ0) is 14.3. The van der Waals surface area contributed by atoms with E-state index in [1.165, 1.54) is 0 Å². The fourth-order valence-electron chi connectivity index (χ4n) is 2.44. The van der Waals surface area contributed by atoms with Crippen molar-refractivity contribution in [3.63, 3.8) is 0 Å². The Morgan fingerprint density at radius 3 is 2.35 bits per heavy atom. The van der Waals surface area contributed by atoms with Crippen molar-refractivity contribution in [2.45, 2.75) is 18.6 Å². The average Bonchev–Trinajstić information content (AvgIpc) is 2.38. The van der Waals surface area contributed by atoms with Gasteiger partial charge in [0, 0.05) is 33.1 Å². The molecule has 2 nitrogen and oxygen atoms in total. The Morgan fingerprint density at radius 1 is 0.950 bits per heavy atom. The van der Waals surface area contributed by atoms with Gasteiger partial charge in [-0.25, -0.2) is 0 Å². The quantitative estimate of drug-likeness (QED) is 0.783. The molecule has 1 unspecified atom stereocenters. The third-order valence-electron chi connectivity index (χ3n) is 3.37. The van der Waals surface area contributed by atoms with E-state index in [9.17, 15) is 0 Å². The van der Waals surface area contributed by atoms with E-state index in [0.717, 1.165) is 16.9 Å². The van der Waals surface area contributed by atoms with Crippen LogP contribution in [-0.4, -0.2) is 0 Å². The molecule has 0 radical (unpaired) electrons. The molecule has 2 N–H and O–H groups in total. The molecule has 20 heavy (non-hydrogen) atoms. The minimum Gasteiger partial charge on any atom is -0.485 e. The van der Waals surface area contributed by atoms with Gasteiger partial charge >= 0.3 is 0 Å². The fraction of sp³-hybridized carbons (Fsp3) is 0.200. The maximum absolute atomic E-state index is 6.21. The second kappa shape index (κ2) is 5.45. The van der Waals surface area contributed by atoms with Gasteiger partial charge < -0.3 is 10.5 Å². The molecule has 2 atom stereocenters. The van der Waals surface area contributed by atoms with Crippen molar-refractivity contribution in [2.75, 3.05) is 0 Å². The maximum Gasteiger partial charge on any atom is 0.126 e. The summed E-state index contributed by atoms with van der Waals surface area (Å²) in [5.41, 5.74) is 8.08. The first-order valence-corrected chi connectivity index (χ1v) is 7.34. The topological polar surface area (TPSA) is 35.2 Å². The summed E-state index contributed by atoms with van der Waals surface area (Å²) in [6.07, 6.45) is 0.499. The van der Waals surface area contributed by atoms with E-state index < -0.39 is 0 Å². The van der Waals surface area contributed by atoms with E-state index in [4.69, 9.17) is 45.3 Å². The van der Waals surface area contributed by atoms with Crippen molar-refractivity contribution in [2.24, 2.45) is 5.73 Å². The average molecular weight is 329 g/mol. The summed E-state index contributed by atoms with van der Waals surface area (Å²) in [4.78, 5) is 0. The summed E-state index contributed by atoms with van der Waals surface area (Å²) in [7, 11) is 0. The predicted octanol–water partition coefficient (Wildman–Crippen LogP) is 5.17. The lowest BCUT2D eigenvalue weighted by Gasteiger charge is -2.30. The number of ether oxygens (including phenoxy) is 1. The van der Waals surface area contributed by atoms with Gasteiger partial charge in [0.1, 0.15) is 11.9 Å². The van der Waals surface area contributed by atoms with Gasteiger partial charge in [0.25, 0.3) is 0 Å². The zero-order valence-corrected chi connectivity index (χ0v) is 12.7. The summed E-state index contributed by atoms with van der Waals surface area (Å²) in [6, 6.07) is 10.8. The maximum atomic E-state index is 6.21. The third-order valence-corrected chi connectivity index (χ3v) is 4.04. The molecule has 104 valence electrons. The third kappa shape index (κ3) is 2.75. The molecule has 0 amide bonds.